The Bertz CT molecular complexity index is 143. The standard InChI is InChI=1S/C11H23NO/c1-4-9(2)8-11(13)7-5-6-10(3)12/h9-10H,4-8,12H2,1-3H3. The molecule has 0 aromatic heterocycles. The Labute approximate surface area is 81.9 Å². The summed E-state index contributed by atoms with van der Waals surface area (Å²) in [6.07, 6.45) is 4.47. The number of hydrogen-bond donors (Lipinski definition) is 1. The zero-order valence-electron chi connectivity index (χ0n) is 9.18. The van der Waals surface area contributed by atoms with E-state index >= 15 is 0 Å². The van der Waals surface area contributed by atoms with Crippen LogP contribution in [0.4, 0.5) is 0 Å². The van der Waals surface area contributed by atoms with Crippen molar-refractivity contribution in [3.63, 3.8) is 0 Å². The molecule has 0 rings (SSSR count). The molecule has 0 saturated heterocycles. The summed E-state index contributed by atoms with van der Waals surface area (Å²) in [5.74, 6) is 0.942. The predicted molar refractivity (Wildman–Crippen MR) is 56.6 cm³/mol. The van der Waals surface area contributed by atoms with Crippen molar-refractivity contribution in [3.8, 4) is 0 Å². The van der Waals surface area contributed by atoms with Crippen LogP contribution in [-0.4, -0.2) is 11.8 Å². The van der Waals surface area contributed by atoms with E-state index in [4.69, 9.17) is 5.73 Å². The molecule has 0 saturated carbocycles. The number of nitrogens with two attached hydrogens (primary N) is 1. The van der Waals surface area contributed by atoms with Crippen LogP contribution in [0.3, 0.4) is 0 Å². The third kappa shape index (κ3) is 7.97. The van der Waals surface area contributed by atoms with Crippen LogP contribution in [0.1, 0.15) is 52.9 Å². The first kappa shape index (κ1) is 12.6. The Balaban J connectivity index is 3.41. The van der Waals surface area contributed by atoms with E-state index < -0.39 is 0 Å². The molecule has 2 heteroatoms. The van der Waals surface area contributed by atoms with E-state index in [2.05, 4.69) is 13.8 Å². The first-order valence-electron chi connectivity index (χ1n) is 5.33. The van der Waals surface area contributed by atoms with E-state index in [1.54, 1.807) is 0 Å². The van der Waals surface area contributed by atoms with Crippen molar-refractivity contribution in [2.45, 2.75) is 58.9 Å². The topological polar surface area (TPSA) is 43.1 Å². The van der Waals surface area contributed by atoms with Crippen molar-refractivity contribution in [2.75, 3.05) is 0 Å². The van der Waals surface area contributed by atoms with Crippen LogP contribution in [0.5, 0.6) is 0 Å². The van der Waals surface area contributed by atoms with Gasteiger partial charge in [-0.15, -0.1) is 0 Å². The zero-order valence-corrected chi connectivity index (χ0v) is 9.18. The number of rotatable bonds is 7. The molecule has 2 N–H and O–H groups in total. The van der Waals surface area contributed by atoms with Gasteiger partial charge in [0.15, 0.2) is 0 Å². The molecule has 0 radical (unpaired) electrons. The summed E-state index contributed by atoms with van der Waals surface area (Å²) in [6, 6.07) is 0.233. The van der Waals surface area contributed by atoms with Crippen molar-refractivity contribution in [2.24, 2.45) is 11.7 Å². The summed E-state index contributed by atoms with van der Waals surface area (Å²) < 4.78 is 0. The van der Waals surface area contributed by atoms with Crippen LogP contribution in [0.2, 0.25) is 0 Å². The van der Waals surface area contributed by atoms with Crippen molar-refractivity contribution < 1.29 is 4.79 Å². The van der Waals surface area contributed by atoms with Crippen molar-refractivity contribution >= 4 is 5.78 Å². The second kappa shape index (κ2) is 7.07. The molecule has 0 fully saturated rings. The van der Waals surface area contributed by atoms with Crippen molar-refractivity contribution in [3.05, 3.63) is 0 Å². The van der Waals surface area contributed by atoms with Gasteiger partial charge in [0, 0.05) is 18.9 Å². The molecule has 0 spiro atoms. The number of hydrogen-bond acceptors (Lipinski definition) is 2. The van der Waals surface area contributed by atoms with Crippen molar-refractivity contribution in [1.82, 2.24) is 0 Å². The lowest BCUT2D eigenvalue weighted by Gasteiger charge is -2.07. The van der Waals surface area contributed by atoms with E-state index in [0.717, 1.165) is 25.7 Å². The van der Waals surface area contributed by atoms with Gasteiger partial charge in [-0.25, -0.2) is 0 Å². The Hall–Kier alpha value is -0.370. The van der Waals surface area contributed by atoms with Gasteiger partial charge in [0.1, 0.15) is 5.78 Å². The lowest BCUT2D eigenvalue weighted by atomic mass is 9.98. The van der Waals surface area contributed by atoms with Gasteiger partial charge in [-0.05, 0) is 25.7 Å². The Kier molecular flexibility index (Phi) is 6.87. The van der Waals surface area contributed by atoms with Crippen LogP contribution < -0.4 is 5.73 Å². The highest BCUT2D eigenvalue weighted by Gasteiger charge is 2.07. The van der Waals surface area contributed by atoms with Gasteiger partial charge >= 0.3 is 0 Å². The molecule has 0 bridgehead atoms. The molecule has 2 atom stereocenters. The van der Waals surface area contributed by atoms with Crippen LogP contribution >= 0.6 is 0 Å². The molecule has 0 aromatic carbocycles. The van der Waals surface area contributed by atoms with Gasteiger partial charge < -0.3 is 5.73 Å². The highest BCUT2D eigenvalue weighted by Crippen LogP contribution is 2.10. The van der Waals surface area contributed by atoms with Gasteiger partial charge in [0.2, 0.25) is 0 Å². The second-order valence-corrected chi connectivity index (χ2v) is 4.13. The lowest BCUT2D eigenvalue weighted by Crippen LogP contribution is -2.15. The second-order valence-electron chi connectivity index (χ2n) is 4.13. The Morgan fingerprint density at radius 3 is 2.46 bits per heavy atom. The molecular weight excluding hydrogens is 162 g/mol. The highest BCUT2D eigenvalue weighted by molar-refractivity contribution is 5.78. The SMILES string of the molecule is CCC(C)CC(=O)CCCC(C)N. The number of carbonyl (C=O) groups excluding carboxylic acids is 1. The van der Waals surface area contributed by atoms with Gasteiger partial charge in [0.05, 0.1) is 0 Å². The zero-order chi connectivity index (χ0) is 10.3. The molecule has 0 amide bonds. The van der Waals surface area contributed by atoms with Gasteiger partial charge in [-0.2, -0.15) is 0 Å². The first-order valence-corrected chi connectivity index (χ1v) is 5.33. The lowest BCUT2D eigenvalue weighted by molar-refractivity contribution is -0.120. The van der Waals surface area contributed by atoms with Gasteiger partial charge in [-0.3, -0.25) is 4.79 Å². The maximum Gasteiger partial charge on any atom is 0.133 e. The van der Waals surface area contributed by atoms with Crippen LogP contribution in [0.25, 0.3) is 0 Å². The maximum absolute atomic E-state index is 11.4. The minimum absolute atomic E-state index is 0.233. The van der Waals surface area contributed by atoms with Gasteiger partial charge in [0.25, 0.3) is 0 Å². The molecule has 0 aliphatic rings. The molecule has 78 valence electrons. The van der Waals surface area contributed by atoms with E-state index in [1.807, 2.05) is 6.92 Å². The Morgan fingerprint density at radius 1 is 1.38 bits per heavy atom. The minimum Gasteiger partial charge on any atom is -0.328 e. The average Bonchev–Trinajstić information content (AvgIpc) is 2.03. The molecule has 2 nitrogen and oxygen atoms in total. The number of carbonyl (C=O) groups is 1. The third-order valence-corrected chi connectivity index (χ3v) is 2.39. The maximum atomic E-state index is 11.4. The smallest absolute Gasteiger partial charge is 0.133 e. The fraction of sp³-hybridized carbons (Fsp3) is 0.909. The summed E-state index contributed by atoms with van der Waals surface area (Å²) in [7, 11) is 0. The molecule has 0 aromatic rings. The van der Waals surface area contributed by atoms with E-state index in [-0.39, 0.29) is 6.04 Å². The van der Waals surface area contributed by atoms with Crippen LogP contribution in [-0.2, 0) is 4.79 Å². The summed E-state index contributed by atoms with van der Waals surface area (Å²) in [4.78, 5) is 11.4. The van der Waals surface area contributed by atoms with E-state index in [1.165, 1.54) is 0 Å². The largest absolute Gasteiger partial charge is 0.328 e. The number of Topliss-reactive ketones (excluding diaryl/α,β-unsaturated/α-hetero) is 1. The predicted octanol–water partition coefficient (Wildman–Crippen LogP) is 2.51. The Morgan fingerprint density at radius 2 is 2.00 bits per heavy atom. The van der Waals surface area contributed by atoms with Crippen LogP contribution in [0.15, 0.2) is 0 Å². The normalized spacial score (nSPS) is 15.4. The highest BCUT2D eigenvalue weighted by atomic mass is 16.1. The van der Waals surface area contributed by atoms with Gasteiger partial charge in [-0.1, -0.05) is 20.3 Å². The quantitative estimate of drug-likeness (QED) is 0.662. The third-order valence-electron chi connectivity index (χ3n) is 2.39. The monoisotopic (exact) mass is 185 g/mol. The van der Waals surface area contributed by atoms with E-state index in [9.17, 15) is 4.79 Å². The number of ketones is 1. The van der Waals surface area contributed by atoms with E-state index in [0.29, 0.717) is 18.1 Å². The molecule has 0 aliphatic heterocycles. The summed E-state index contributed by atoms with van der Waals surface area (Å²) in [5.41, 5.74) is 5.59. The summed E-state index contributed by atoms with van der Waals surface area (Å²) >= 11 is 0. The minimum atomic E-state index is 0.233. The molecule has 2 unspecified atom stereocenters. The van der Waals surface area contributed by atoms with Crippen molar-refractivity contribution in [1.29, 1.82) is 0 Å². The molecular formula is C11H23NO. The van der Waals surface area contributed by atoms with Crippen LogP contribution in [0, 0.1) is 5.92 Å². The molecule has 0 aliphatic carbocycles. The molecule has 0 heterocycles. The summed E-state index contributed by atoms with van der Waals surface area (Å²) in [5, 5.41) is 0. The average molecular weight is 185 g/mol. The fourth-order valence-corrected chi connectivity index (χ4v) is 1.26. The fourth-order valence-electron chi connectivity index (χ4n) is 1.26. The molecule has 13 heavy (non-hydrogen) atoms. The summed E-state index contributed by atoms with van der Waals surface area (Å²) in [6.45, 7) is 6.24. The first-order chi connectivity index (χ1) is 6.06.